The number of carbonyl (C=O) groups excluding carboxylic acids is 3. The molecule has 0 aliphatic heterocycles. The first-order chi connectivity index (χ1) is 33.5. The van der Waals surface area contributed by atoms with Crippen LogP contribution in [0.4, 0.5) is 0 Å². The van der Waals surface area contributed by atoms with E-state index >= 15 is 0 Å². The molecule has 0 spiro atoms. The van der Waals surface area contributed by atoms with Gasteiger partial charge in [-0.25, -0.2) is 0 Å². The molecular weight excluding hydrogens is 841 g/mol. The van der Waals surface area contributed by atoms with Crippen LogP contribution in [0.25, 0.3) is 0 Å². The number of hydrogen-bond donors (Lipinski definition) is 0. The van der Waals surface area contributed by atoms with Crippen molar-refractivity contribution in [3.63, 3.8) is 0 Å². The van der Waals surface area contributed by atoms with Gasteiger partial charge in [0.15, 0.2) is 6.10 Å². The summed E-state index contributed by atoms with van der Waals surface area (Å²) in [5, 5.41) is 0. The summed E-state index contributed by atoms with van der Waals surface area (Å²) in [6.07, 6.45) is 75.1. The molecule has 0 N–H and O–H groups in total. The van der Waals surface area contributed by atoms with Crippen LogP contribution in [-0.4, -0.2) is 37.2 Å². The van der Waals surface area contributed by atoms with Crippen LogP contribution < -0.4 is 0 Å². The third-order valence-corrected chi connectivity index (χ3v) is 11.5. The van der Waals surface area contributed by atoms with Gasteiger partial charge in [0, 0.05) is 19.3 Å². The lowest BCUT2D eigenvalue weighted by Crippen LogP contribution is -2.30. The summed E-state index contributed by atoms with van der Waals surface area (Å²) in [7, 11) is 0. The van der Waals surface area contributed by atoms with Gasteiger partial charge in [0.2, 0.25) is 0 Å². The highest BCUT2D eigenvalue weighted by atomic mass is 16.6. The fourth-order valence-corrected chi connectivity index (χ4v) is 7.42. The second kappa shape index (κ2) is 55.7. The number of rotatable bonds is 49. The summed E-state index contributed by atoms with van der Waals surface area (Å²) in [5.41, 5.74) is 0. The standard InChI is InChI=1S/C62H102O6/c1-4-7-10-13-16-19-22-25-28-30-31-32-35-37-40-43-46-49-52-55-61(64)67-58-59(57-66-60(63)54-51-48-45-42-39-36-33-27-24-21-18-15-12-9-6-3)68-62(65)56-53-50-47-44-41-38-34-29-26-23-20-17-14-11-8-5-2/h7,9-10,12,16,18-19,21,25,27-28,31-33,37,40,46,49,59H,4-6,8,11,13-15,17,20,22-24,26,29-30,34-36,38-39,41-45,47-48,50-58H2,1-3H3/b10-7-,12-9-,19-16-,21-18-,28-25-,32-31-,33-27-,40-37-,49-46-. The van der Waals surface area contributed by atoms with Crippen molar-refractivity contribution in [2.45, 2.75) is 252 Å². The van der Waals surface area contributed by atoms with Gasteiger partial charge < -0.3 is 14.2 Å². The van der Waals surface area contributed by atoms with Gasteiger partial charge in [0.25, 0.3) is 0 Å². The lowest BCUT2D eigenvalue weighted by atomic mass is 10.0. The predicted octanol–water partition coefficient (Wildman–Crippen LogP) is 18.7. The Balaban J connectivity index is 4.52. The van der Waals surface area contributed by atoms with E-state index in [1.165, 1.54) is 83.5 Å². The molecule has 0 aliphatic rings. The zero-order chi connectivity index (χ0) is 49.3. The van der Waals surface area contributed by atoms with Crippen molar-refractivity contribution in [1.29, 1.82) is 0 Å². The van der Waals surface area contributed by atoms with Crippen molar-refractivity contribution in [1.82, 2.24) is 0 Å². The maximum absolute atomic E-state index is 12.8. The molecule has 0 aromatic heterocycles. The highest BCUT2D eigenvalue weighted by Gasteiger charge is 2.19. The SMILES string of the molecule is CC/C=C\C/C=C\C/C=C\C/C=C\C/C=C\C/C=C\CCC(=O)OCC(COC(=O)CCCCCCC/C=C\C/C=C\C/C=C\CC)OC(=O)CCCCCCCCCCCCCCCCCC. The Hall–Kier alpha value is -3.93. The minimum absolute atomic E-state index is 0.110. The first kappa shape index (κ1) is 64.1. The minimum Gasteiger partial charge on any atom is -0.462 e. The molecular formula is C62H102O6. The maximum Gasteiger partial charge on any atom is 0.306 e. The molecule has 0 rings (SSSR count). The second-order valence-corrected chi connectivity index (χ2v) is 18.1. The number of hydrogen-bond acceptors (Lipinski definition) is 6. The van der Waals surface area contributed by atoms with Gasteiger partial charge >= 0.3 is 17.9 Å². The molecule has 0 fully saturated rings. The molecule has 6 heteroatoms. The van der Waals surface area contributed by atoms with Crippen LogP contribution in [0.2, 0.25) is 0 Å². The van der Waals surface area contributed by atoms with Crippen LogP contribution >= 0.6 is 0 Å². The number of esters is 3. The Morgan fingerprint density at radius 1 is 0.309 bits per heavy atom. The van der Waals surface area contributed by atoms with Gasteiger partial charge in [-0.1, -0.05) is 246 Å². The lowest BCUT2D eigenvalue weighted by Gasteiger charge is -2.18. The lowest BCUT2D eigenvalue weighted by molar-refractivity contribution is -0.166. The Kier molecular flexibility index (Phi) is 52.4. The van der Waals surface area contributed by atoms with E-state index in [9.17, 15) is 14.4 Å². The summed E-state index contributed by atoms with van der Waals surface area (Å²) in [4.78, 5) is 38.1. The van der Waals surface area contributed by atoms with Crippen LogP contribution in [0, 0.1) is 0 Å². The monoisotopic (exact) mass is 943 g/mol. The molecule has 1 unspecified atom stereocenters. The smallest absolute Gasteiger partial charge is 0.306 e. The molecule has 68 heavy (non-hydrogen) atoms. The van der Waals surface area contributed by atoms with Gasteiger partial charge in [-0.2, -0.15) is 0 Å². The normalized spacial score (nSPS) is 12.9. The highest BCUT2D eigenvalue weighted by Crippen LogP contribution is 2.15. The molecule has 0 aliphatic carbocycles. The molecule has 0 heterocycles. The summed E-state index contributed by atoms with van der Waals surface area (Å²) in [6.45, 7) is 6.34. The minimum atomic E-state index is -0.816. The zero-order valence-electron chi connectivity index (χ0n) is 44.1. The van der Waals surface area contributed by atoms with E-state index in [1.54, 1.807) is 0 Å². The van der Waals surface area contributed by atoms with Crippen molar-refractivity contribution in [3.8, 4) is 0 Å². The van der Waals surface area contributed by atoms with E-state index in [0.717, 1.165) is 116 Å². The van der Waals surface area contributed by atoms with E-state index < -0.39 is 6.10 Å². The zero-order valence-corrected chi connectivity index (χ0v) is 44.1. The molecule has 0 saturated carbocycles. The number of unbranched alkanes of at least 4 members (excludes halogenated alkanes) is 20. The predicted molar refractivity (Wildman–Crippen MR) is 293 cm³/mol. The third-order valence-electron chi connectivity index (χ3n) is 11.5. The Labute approximate surface area is 419 Å². The van der Waals surface area contributed by atoms with Crippen molar-refractivity contribution < 1.29 is 28.6 Å². The first-order valence-electron chi connectivity index (χ1n) is 27.9. The van der Waals surface area contributed by atoms with Gasteiger partial charge in [0.05, 0.1) is 0 Å². The summed E-state index contributed by atoms with van der Waals surface area (Å²) in [5.74, 6) is -1.01. The van der Waals surface area contributed by atoms with Crippen molar-refractivity contribution in [3.05, 3.63) is 109 Å². The molecule has 0 aromatic carbocycles. The number of carbonyl (C=O) groups is 3. The summed E-state index contributed by atoms with van der Waals surface area (Å²) >= 11 is 0. The van der Waals surface area contributed by atoms with E-state index in [0.29, 0.717) is 19.3 Å². The Morgan fingerprint density at radius 3 is 0.985 bits per heavy atom. The average Bonchev–Trinajstić information content (AvgIpc) is 3.34. The molecule has 386 valence electrons. The van der Waals surface area contributed by atoms with E-state index in [-0.39, 0.29) is 37.5 Å². The van der Waals surface area contributed by atoms with E-state index in [4.69, 9.17) is 14.2 Å². The van der Waals surface area contributed by atoms with Crippen LogP contribution in [0.5, 0.6) is 0 Å². The van der Waals surface area contributed by atoms with Gasteiger partial charge in [-0.3, -0.25) is 14.4 Å². The third kappa shape index (κ3) is 53.0. The quantitative estimate of drug-likeness (QED) is 0.0262. The summed E-state index contributed by atoms with van der Waals surface area (Å²) < 4.78 is 16.8. The molecule has 1 atom stereocenters. The number of ether oxygens (including phenoxy) is 3. The molecule has 0 aromatic rings. The molecule has 0 radical (unpaired) electrons. The van der Waals surface area contributed by atoms with Crippen molar-refractivity contribution >= 4 is 17.9 Å². The van der Waals surface area contributed by atoms with Crippen LogP contribution in [0.15, 0.2) is 109 Å². The Morgan fingerprint density at radius 2 is 0.603 bits per heavy atom. The topological polar surface area (TPSA) is 78.9 Å². The largest absolute Gasteiger partial charge is 0.462 e. The number of allylic oxidation sites excluding steroid dienone is 18. The molecule has 6 nitrogen and oxygen atoms in total. The highest BCUT2D eigenvalue weighted by molar-refractivity contribution is 5.71. The fraction of sp³-hybridized carbons (Fsp3) is 0.661. The summed E-state index contributed by atoms with van der Waals surface area (Å²) in [6, 6.07) is 0. The van der Waals surface area contributed by atoms with Crippen molar-refractivity contribution in [2.75, 3.05) is 13.2 Å². The van der Waals surface area contributed by atoms with Crippen molar-refractivity contribution in [2.24, 2.45) is 0 Å². The van der Waals surface area contributed by atoms with Crippen LogP contribution in [0.1, 0.15) is 245 Å². The molecule has 0 bridgehead atoms. The van der Waals surface area contributed by atoms with Gasteiger partial charge in [-0.05, 0) is 89.9 Å². The maximum atomic E-state index is 12.8. The second-order valence-electron chi connectivity index (χ2n) is 18.1. The average molecular weight is 943 g/mol. The molecule has 0 saturated heterocycles. The fourth-order valence-electron chi connectivity index (χ4n) is 7.42. The van der Waals surface area contributed by atoms with E-state index in [2.05, 4.69) is 124 Å². The van der Waals surface area contributed by atoms with Crippen LogP contribution in [-0.2, 0) is 28.6 Å². The van der Waals surface area contributed by atoms with Crippen LogP contribution in [0.3, 0.4) is 0 Å². The van der Waals surface area contributed by atoms with Gasteiger partial charge in [0.1, 0.15) is 13.2 Å². The first-order valence-corrected chi connectivity index (χ1v) is 27.9. The molecule has 0 amide bonds. The van der Waals surface area contributed by atoms with Gasteiger partial charge in [-0.15, -0.1) is 0 Å². The Bertz CT molecular complexity index is 1410. The van der Waals surface area contributed by atoms with E-state index in [1.807, 2.05) is 6.08 Å².